The highest BCUT2D eigenvalue weighted by atomic mass is 19.1. The molecular formula is C13H11FN2O4. The summed E-state index contributed by atoms with van der Waals surface area (Å²) in [7, 11) is 0. The van der Waals surface area contributed by atoms with Crippen molar-refractivity contribution in [3.05, 3.63) is 58.0 Å². The van der Waals surface area contributed by atoms with Crippen molar-refractivity contribution in [2.24, 2.45) is 0 Å². The Morgan fingerprint density at radius 1 is 1.45 bits per heavy atom. The number of para-hydroxylation sites is 1. The summed E-state index contributed by atoms with van der Waals surface area (Å²) in [6.07, 6.45) is 0.611. The number of rotatable bonds is 4. The maximum atomic E-state index is 13.6. The van der Waals surface area contributed by atoms with Crippen LogP contribution in [-0.2, 0) is 0 Å². The zero-order chi connectivity index (χ0) is 14.7. The van der Waals surface area contributed by atoms with Gasteiger partial charge in [-0.2, -0.15) is 0 Å². The van der Waals surface area contributed by atoms with Gasteiger partial charge in [-0.15, -0.1) is 0 Å². The van der Waals surface area contributed by atoms with Gasteiger partial charge < -0.3 is 9.84 Å². The number of nitrogens with zero attached hydrogens (tertiary/aromatic N) is 2. The molecule has 2 aromatic rings. The molecule has 0 spiro atoms. The topological polar surface area (TPSA) is 85.5 Å². The number of nitro groups is 1. The van der Waals surface area contributed by atoms with Crippen molar-refractivity contribution in [2.75, 3.05) is 0 Å². The molecule has 0 unspecified atom stereocenters. The molecule has 0 saturated heterocycles. The number of ether oxygens (including phenoxy) is 1. The Kier molecular flexibility index (Phi) is 3.90. The number of aromatic nitrogens is 1. The molecule has 0 fully saturated rings. The van der Waals surface area contributed by atoms with Crippen LogP contribution >= 0.6 is 0 Å². The molecule has 2 rings (SSSR count). The van der Waals surface area contributed by atoms with Crippen molar-refractivity contribution in [3.8, 4) is 11.6 Å². The molecule has 1 N–H and O–H groups in total. The van der Waals surface area contributed by atoms with E-state index in [1.54, 1.807) is 13.0 Å². The van der Waals surface area contributed by atoms with Crippen molar-refractivity contribution in [1.82, 2.24) is 4.98 Å². The summed E-state index contributed by atoms with van der Waals surface area (Å²) >= 11 is 0. The van der Waals surface area contributed by atoms with Crippen LogP contribution in [0.25, 0.3) is 0 Å². The molecule has 0 aliphatic rings. The van der Waals surface area contributed by atoms with Gasteiger partial charge in [0, 0.05) is 18.3 Å². The molecule has 0 radical (unpaired) electrons. The van der Waals surface area contributed by atoms with Crippen LogP contribution in [0.1, 0.15) is 18.6 Å². The third-order valence-electron chi connectivity index (χ3n) is 2.59. The molecule has 1 aromatic heterocycles. The molecule has 6 nitrogen and oxygen atoms in total. The van der Waals surface area contributed by atoms with Crippen LogP contribution in [0.3, 0.4) is 0 Å². The molecular weight excluding hydrogens is 267 g/mol. The fraction of sp³-hybridized carbons (Fsp3) is 0.154. The van der Waals surface area contributed by atoms with Crippen molar-refractivity contribution in [2.45, 2.75) is 13.0 Å². The zero-order valence-electron chi connectivity index (χ0n) is 10.5. The summed E-state index contributed by atoms with van der Waals surface area (Å²) < 4.78 is 18.8. The van der Waals surface area contributed by atoms with Gasteiger partial charge in [0.05, 0.1) is 11.0 Å². The quantitative estimate of drug-likeness (QED) is 0.686. The van der Waals surface area contributed by atoms with Gasteiger partial charge in [0.1, 0.15) is 0 Å². The number of hydrogen-bond acceptors (Lipinski definition) is 5. The van der Waals surface area contributed by atoms with Crippen LogP contribution in [-0.4, -0.2) is 15.0 Å². The smallest absolute Gasteiger partial charge is 0.314 e. The third kappa shape index (κ3) is 2.89. The van der Waals surface area contributed by atoms with Gasteiger partial charge in [-0.25, -0.2) is 9.37 Å². The number of nitro benzene ring substituents is 1. The maximum Gasteiger partial charge on any atom is 0.314 e. The minimum atomic E-state index is -0.858. The van der Waals surface area contributed by atoms with Crippen LogP contribution in [0, 0.1) is 15.9 Å². The van der Waals surface area contributed by atoms with Crippen molar-refractivity contribution in [3.63, 3.8) is 0 Å². The van der Waals surface area contributed by atoms with Crippen molar-refractivity contribution >= 4 is 5.69 Å². The van der Waals surface area contributed by atoms with Crippen LogP contribution < -0.4 is 4.74 Å². The summed E-state index contributed by atoms with van der Waals surface area (Å²) in [5.74, 6) is -1.40. The lowest BCUT2D eigenvalue weighted by Gasteiger charge is -2.09. The number of benzene rings is 1. The van der Waals surface area contributed by atoms with Gasteiger partial charge in [0.15, 0.2) is 5.82 Å². The molecule has 0 bridgehead atoms. The number of aliphatic hydroxyl groups excluding tert-OH is 1. The summed E-state index contributed by atoms with van der Waals surface area (Å²) in [6.45, 7) is 1.55. The summed E-state index contributed by atoms with van der Waals surface area (Å²) in [6, 6.07) is 6.37. The SMILES string of the molecule is C[C@@H](O)c1ccnc(Oc2c(F)cccc2[N+](=O)[O-])c1. The second-order valence-corrected chi connectivity index (χ2v) is 4.05. The molecule has 0 aliphatic carbocycles. The molecule has 1 aromatic carbocycles. The lowest BCUT2D eigenvalue weighted by atomic mass is 10.2. The van der Waals surface area contributed by atoms with Gasteiger partial charge in [0.25, 0.3) is 0 Å². The molecule has 104 valence electrons. The first-order valence-corrected chi connectivity index (χ1v) is 5.74. The molecule has 1 atom stereocenters. The second-order valence-electron chi connectivity index (χ2n) is 4.05. The average Bonchev–Trinajstić information content (AvgIpc) is 2.41. The molecule has 1 heterocycles. The fourth-order valence-corrected chi connectivity index (χ4v) is 1.59. The van der Waals surface area contributed by atoms with E-state index in [1.165, 1.54) is 18.3 Å². The number of halogens is 1. The monoisotopic (exact) mass is 278 g/mol. The predicted molar refractivity (Wildman–Crippen MR) is 68.0 cm³/mol. The molecule has 7 heteroatoms. The Balaban J connectivity index is 2.40. The van der Waals surface area contributed by atoms with Gasteiger partial charge in [0.2, 0.25) is 11.6 Å². The highest BCUT2D eigenvalue weighted by Crippen LogP contribution is 2.33. The Morgan fingerprint density at radius 3 is 2.85 bits per heavy atom. The van der Waals surface area contributed by atoms with E-state index in [1.807, 2.05) is 0 Å². The fourth-order valence-electron chi connectivity index (χ4n) is 1.59. The highest BCUT2D eigenvalue weighted by molar-refractivity contribution is 5.48. The predicted octanol–water partition coefficient (Wildman–Crippen LogP) is 2.97. The van der Waals surface area contributed by atoms with Crippen molar-refractivity contribution in [1.29, 1.82) is 0 Å². The van der Waals surface area contributed by atoms with Crippen LogP contribution in [0.4, 0.5) is 10.1 Å². The minimum Gasteiger partial charge on any atom is -0.429 e. The first kappa shape index (κ1) is 13.9. The summed E-state index contributed by atoms with van der Waals surface area (Å²) in [5, 5.41) is 20.3. The first-order chi connectivity index (χ1) is 9.49. The van der Waals surface area contributed by atoms with E-state index in [0.717, 1.165) is 12.1 Å². The van der Waals surface area contributed by atoms with E-state index >= 15 is 0 Å². The Labute approximate surface area is 113 Å². The summed E-state index contributed by atoms with van der Waals surface area (Å²) in [4.78, 5) is 13.9. The van der Waals surface area contributed by atoms with Gasteiger partial charge in [-0.05, 0) is 24.6 Å². The Bertz CT molecular complexity index is 646. The largest absolute Gasteiger partial charge is 0.429 e. The first-order valence-electron chi connectivity index (χ1n) is 5.74. The van der Waals surface area contributed by atoms with Crippen LogP contribution in [0.5, 0.6) is 11.6 Å². The number of aliphatic hydroxyl groups is 1. The number of pyridine rings is 1. The standard InChI is InChI=1S/C13H11FN2O4/c1-8(17)9-5-6-15-12(7-9)20-13-10(14)3-2-4-11(13)16(18)19/h2-8,17H,1H3/t8-/m1/s1. The average molecular weight is 278 g/mol. The number of hydrogen-bond donors (Lipinski definition) is 1. The van der Waals surface area contributed by atoms with E-state index in [0.29, 0.717) is 5.56 Å². The lowest BCUT2D eigenvalue weighted by Crippen LogP contribution is -1.98. The van der Waals surface area contributed by atoms with E-state index in [4.69, 9.17) is 4.74 Å². The van der Waals surface area contributed by atoms with Crippen LogP contribution in [0.2, 0.25) is 0 Å². The highest BCUT2D eigenvalue weighted by Gasteiger charge is 2.20. The lowest BCUT2D eigenvalue weighted by molar-refractivity contribution is -0.385. The molecule has 20 heavy (non-hydrogen) atoms. The molecule has 0 aliphatic heterocycles. The molecule has 0 saturated carbocycles. The van der Waals surface area contributed by atoms with E-state index in [2.05, 4.69) is 4.98 Å². The van der Waals surface area contributed by atoms with Gasteiger partial charge in [-0.1, -0.05) is 6.07 Å². The third-order valence-corrected chi connectivity index (χ3v) is 2.59. The maximum absolute atomic E-state index is 13.6. The van der Waals surface area contributed by atoms with Crippen LogP contribution in [0.15, 0.2) is 36.5 Å². The van der Waals surface area contributed by atoms with E-state index < -0.39 is 28.3 Å². The van der Waals surface area contributed by atoms with Gasteiger partial charge >= 0.3 is 5.69 Å². The minimum absolute atomic E-state index is 0.0309. The summed E-state index contributed by atoms with van der Waals surface area (Å²) in [5.41, 5.74) is 0.0169. The van der Waals surface area contributed by atoms with E-state index in [9.17, 15) is 19.6 Å². The van der Waals surface area contributed by atoms with Crippen molar-refractivity contribution < 1.29 is 19.2 Å². The Hall–Kier alpha value is -2.54. The Morgan fingerprint density at radius 2 is 2.20 bits per heavy atom. The molecule has 0 amide bonds. The van der Waals surface area contributed by atoms with Gasteiger partial charge in [-0.3, -0.25) is 10.1 Å². The normalized spacial score (nSPS) is 11.9. The van der Waals surface area contributed by atoms with E-state index in [-0.39, 0.29) is 5.88 Å². The second kappa shape index (κ2) is 5.62. The zero-order valence-corrected chi connectivity index (χ0v) is 10.5.